The number of nitrogens with one attached hydrogen (secondary N) is 1. The smallest absolute Gasteiger partial charge is 0.261 e. The minimum absolute atomic E-state index is 0.0927. The highest BCUT2D eigenvalue weighted by atomic mass is 79.9. The molecule has 164 valence electrons. The molecule has 0 spiro atoms. The number of hydrogen-bond acceptors (Lipinski definition) is 5. The summed E-state index contributed by atoms with van der Waals surface area (Å²) >= 11 is 4.67. The summed E-state index contributed by atoms with van der Waals surface area (Å²) in [7, 11) is -3.83. The van der Waals surface area contributed by atoms with Gasteiger partial charge in [-0.25, -0.2) is 8.42 Å². The monoisotopic (exact) mass is 536 g/mol. The van der Waals surface area contributed by atoms with E-state index in [2.05, 4.69) is 25.6 Å². The number of sulfonamides is 1. The topological polar surface area (TPSA) is 79.3 Å². The summed E-state index contributed by atoms with van der Waals surface area (Å²) in [6.07, 6.45) is 1.73. The van der Waals surface area contributed by atoms with Crippen molar-refractivity contribution >= 4 is 65.1 Å². The number of phenols is 1. The van der Waals surface area contributed by atoms with Gasteiger partial charge < -0.3 is 5.11 Å². The maximum Gasteiger partial charge on any atom is 0.261 e. The number of rotatable bonds is 5. The fraction of sp³-hybridized carbons (Fsp3) is 0. The van der Waals surface area contributed by atoms with Crippen LogP contribution in [0.5, 0.6) is 5.75 Å². The third-order valence-corrected chi connectivity index (χ3v) is 8.16. The van der Waals surface area contributed by atoms with Crippen LogP contribution < -0.4 is 4.72 Å². The van der Waals surface area contributed by atoms with Gasteiger partial charge in [0.1, 0.15) is 5.75 Å². The Bertz CT molecular complexity index is 1600. The van der Waals surface area contributed by atoms with E-state index in [0.29, 0.717) is 21.4 Å². The molecule has 5 nitrogen and oxygen atoms in total. The summed E-state index contributed by atoms with van der Waals surface area (Å²) in [5.41, 5.74) is 1.21. The van der Waals surface area contributed by atoms with Gasteiger partial charge in [-0.3, -0.25) is 9.71 Å². The van der Waals surface area contributed by atoms with E-state index in [0.717, 1.165) is 20.3 Å². The van der Waals surface area contributed by atoms with Crippen molar-refractivity contribution in [2.75, 3.05) is 4.72 Å². The number of benzene rings is 4. The van der Waals surface area contributed by atoms with E-state index in [4.69, 9.17) is 0 Å². The molecule has 0 aliphatic rings. The molecule has 0 atom stereocenters. The Hall–Kier alpha value is -3.07. The maximum absolute atomic E-state index is 13.1. The van der Waals surface area contributed by atoms with Crippen molar-refractivity contribution in [1.29, 1.82) is 0 Å². The van der Waals surface area contributed by atoms with Crippen molar-refractivity contribution in [2.24, 2.45) is 0 Å². The van der Waals surface area contributed by atoms with E-state index >= 15 is 0 Å². The second-order valence-electron chi connectivity index (χ2n) is 7.31. The van der Waals surface area contributed by atoms with Crippen LogP contribution in [0.1, 0.15) is 0 Å². The van der Waals surface area contributed by atoms with E-state index in [-0.39, 0.29) is 10.6 Å². The second kappa shape index (κ2) is 8.70. The fourth-order valence-corrected chi connectivity index (χ4v) is 5.96. The van der Waals surface area contributed by atoms with E-state index in [1.807, 2.05) is 36.4 Å². The number of pyridine rings is 1. The zero-order valence-electron chi connectivity index (χ0n) is 17.1. The molecule has 0 saturated heterocycles. The van der Waals surface area contributed by atoms with Gasteiger partial charge >= 0.3 is 0 Å². The van der Waals surface area contributed by atoms with Crippen LogP contribution in [0.3, 0.4) is 0 Å². The Balaban J connectivity index is 1.62. The number of phenolic OH excluding ortho intramolecular Hbond substituents is 1. The Morgan fingerprint density at radius 3 is 2.36 bits per heavy atom. The Morgan fingerprint density at radius 2 is 1.58 bits per heavy atom. The van der Waals surface area contributed by atoms with E-state index in [9.17, 15) is 13.5 Å². The summed E-state index contributed by atoms with van der Waals surface area (Å²) in [4.78, 5) is 6.02. The van der Waals surface area contributed by atoms with Gasteiger partial charge in [0.2, 0.25) is 0 Å². The van der Waals surface area contributed by atoms with Crippen molar-refractivity contribution in [2.45, 2.75) is 14.7 Å². The second-order valence-corrected chi connectivity index (χ2v) is 11.0. The Labute approximate surface area is 203 Å². The lowest BCUT2D eigenvalue weighted by atomic mass is 10.1. The zero-order valence-corrected chi connectivity index (χ0v) is 20.3. The van der Waals surface area contributed by atoms with Crippen molar-refractivity contribution < 1.29 is 13.5 Å². The number of fused-ring (bicyclic) bond motifs is 2. The largest absolute Gasteiger partial charge is 0.506 e. The fourth-order valence-electron chi connectivity index (χ4n) is 3.59. The average molecular weight is 537 g/mol. The number of nitrogens with zero attached hydrogens (tertiary/aromatic N) is 1. The molecule has 0 aliphatic heterocycles. The van der Waals surface area contributed by atoms with Crippen molar-refractivity contribution in [1.82, 2.24) is 4.98 Å². The van der Waals surface area contributed by atoms with E-state index < -0.39 is 10.0 Å². The molecule has 0 fully saturated rings. The van der Waals surface area contributed by atoms with Crippen LogP contribution >= 0.6 is 27.7 Å². The highest BCUT2D eigenvalue weighted by Gasteiger charge is 2.19. The van der Waals surface area contributed by atoms with Crippen molar-refractivity contribution in [3.63, 3.8) is 0 Å². The minimum Gasteiger partial charge on any atom is -0.506 e. The van der Waals surface area contributed by atoms with Gasteiger partial charge in [0.05, 0.1) is 21.0 Å². The lowest BCUT2D eigenvalue weighted by Crippen LogP contribution is -2.13. The van der Waals surface area contributed by atoms with Crippen molar-refractivity contribution in [3.05, 3.63) is 95.6 Å². The molecule has 0 radical (unpaired) electrons. The Kier molecular flexibility index (Phi) is 5.74. The quantitative estimate of drug-likeness (QED) is 0.241. The predicted octanol–water partition coefficient (Wildman–Crippen LogP) is 6.81. The summed E-state index contributed by atoms with van der Waals surface area (Å²) < 4.78 is 29.7. The van der Waals surface area contributed by atoms with Crippen LogP contribution in [0.2, 0.25) is 0 Å². The molecule has 0 unspecified atom stereocenters. The van der Waals surface area contributed by atoms with Gasteiger partial charge in [0.25, 0.3) is 10.0 Å². The normalized spacial score (nSPS) is 11.7. The average Bonchev–Trinajstić information content (AvgIpc) is 2.82. The van der Waals surface area contributed by atoms with Crippen LogP contribution in [-0.2, 0) is 10.0 Å². The number of hydrogen-bond donors (Lipinski definition) is 2. The molecule has 0 saturated carbocycles. The first-order valence-electron chi connectivity index (χ1n) is 9.97. The lowest BCUT2D eigenvalue weighted by molar-refractivity contribution is 0.469. The van der Waals surface area contributed by atoms with Crippen LogP contribution in [0.25, 0.3) is 21.7 Å². The molecule has 5 rings (SSSR count). The van der Waals surface area contributed by atoms with Gasteiger partial charge in [-0.15, -0.1) is 0 Å². The minimum atomic E-state index is -3.83. The van der Waals surface area contributed by atoms with Gasteiger partial charge in [0, 0.05) is 31.7 Å². The zero-order chi connectivity index (χ0) is 23.0. The standard InChI is InChI=1S/C25H17BrN2O3S2/c26-17-10-12-18(13-11-17)33(30,31)28-21-15-23(25(29)20-8-2-1-7-19(20)21)32-22-9-3-5-16-6-4-14-27-24(16)22/h1-15,28-29H. The van der Waals surface area contributed by atoms with Gasteiger partial charge in [-0.05, 0) is 42.5 Å². The van der Waals surface area contributed by atoms with Crippen LogP contribution in [0, 0.1) is 0 Å². The first kappa shape index (κ1) is 21.8. The molecule has 8 heteroatoms. The molecule has 1 heterocycles. The highest BCUT2D eigenvalue weighted by molar-refractivity contribution is 9.10. The molecule has 4 aromatic carbocycles. The molecule has 2 N–H and O–H groups in total. The van der Waals surface area contributed by atoms with Gasteiger partial charge in [-0.2, -0.15) is 0 Å². The number of halogens is 1. The highest BCUT2D eigenvalue weighted by Crippen LogP contribution is 2.44. The lowest BCUT2D eigenvalue weighted by Gasteiger charge is -2.15. The molecular formula is C25H17BrN2O3S2. The first-order valence-corrected chi connectivity index (χ1v) is 13.1. The van der Waals surface area contributed by atoms with Gasteiger partial charge in [-0.1, -0.05) is 70.2 Å². The maximum atomic E-state index is 13.1. The summed E-state index contributed by atoms with van der Waals surface area (Å²) in [6, 6.07) is 24.9. The Morgan fingerprint density at radius 1 is 0.848 bits per heavy atom. The molecular weight excluding hydrogens is 520 g/mol. The number of anilines is 1. The van der Waals surface area contributed by atoms with Crippen molar-refractivity contribution in [3.8, 4) is 5.75 Å². The number of para-hydroxylation sites is 1. The molecule has 0 bridgehead atoms. The third-order valence-electron chi connectivity index (χ3n) is 5.17. The SMILES string of the molecule is O=S(=O)(Nc1cc(Sc2cccc3cccnc23)c(O)c2ccccc12)c1ccc(Br)cc1. The molecule has 0 aliphatic carbocycles. The van der Waals surface area contributed by atoms with Crippen LogP contribution in [-0.4, -0.2) is 18.5 Å². The number of aromatic nitrogens is 1. The number of aromatic hydroxyl groups is 1. The molecule has 33 heavy (non-hydrogen) atoms. The molecule has 5 aromatic rings. The van der Waals surface area contributed by atoms with Crippen LogP contribution in [0.15, 0.2) is 110 Å². The predicted molar refractivity (Wildman–Crippen MR) is 136 cm³/mol. The first-order chi connectivity index (χ1) is 15.9. The van der Waals surface area contributed by atoms with Crippen LogP contribution in [0.4, 0.5) is 5.69 Å². The summed E-state index contributed by atoms with van der Waals surface area (Å²) in [5, 5.41) is 13.2. The van der Waals surface area contributed by atoms with Gasteiger partial charge in [0.15, 0.2) is 0 Å². The summed E-state index contributed by atoms with van der Waals surface area (Å²) in [5.74, 6) is 0.0927. The third kappa shape index (κ3) is 4.29. The van der Waals surface area contributed by atoms with E-state index in [1.54, 1.807) is 42.6 Å². The molecule has 1 aromatic heterocycles. The molecule has 0 amide bonds. The van der Waals surface area contributed by atoms with E-state index in [1.165, 1.54) is 23.9 Å². The summed E-state index contributed by atoms with van der Waals surface area (Å²) in [6.45, 7) is 0.